The van der Waals surface area contributed by atoms with Gasteiger partial charge in [0.1, 0.15) is 0 Å². The smallest absolute Gasteiger partial charge is 0.0499 e. The molecule has 2 aromatic carbocycles. The summed E-state index contributed by atoms with van der Waals surface area (Å²) in [5.74, 6) is 0.811. The number of hydrogen-bond acceptors (Lipinski definition) is 1. The van der Waals surface area contributed by atoms with Crippen molar-refractivity contribution in [2.75, 3.05) is 6.54 Å². The maximum absolute atomic E-state index is 3.44. The average Bonchev–Trinajstić information content (AvgIpc) is 3.05. The van der Waals surface area contributed by atoms with Crippen LogP contribution in [0.4, 0.5) is 0 Å². The van der Waals surface area contributed by atoms with Crippen molar-refractivity contribution in [2.45, 2.75) is 38.3 Å². The van der Waals surface area contributed by atoms with Gasteiger partial charge in [-0.25, -0.2) is 0 Å². The van der Waals surface area contributed by atoms with Crippen LogP contribution >= 0.6 is 0 Å². The molecule has 0 amide bonds. The molecule has 0 spiro atoms. The van der Waals surface area contributed by atoms with E-state index in [2.05, 4.69) is 64.6 Å². The topological polar surface area (TPSA) is 19.0 Å². The van der Waals surface area contributed by atoms with Gasteiger partial charge in [-0.05, 0) is 59.7 Å². The lowest BCUT2D eigenvalue weighted by molar-refractivity contribution is 0.0942. The van der Waals surface area contributed by atoms with E-state index in [9.17, 15) is 0 Å². The normalized spacial score (nSPS) is 23.8. The quantitative estimate of drug-likeness (QED) is 0.735. The molecule has 2 atom stereocenters. The van der Waals surface area contributed by atoms with Crippen molar-refractivity contribution in [1.82, 2.24) is 9.88 Å². The van der Waals surface area contributed by atoms with E-state index < -0.39 is 0 Å². The number of fused-ring (bicyclic) bond motifs is 3. The summed E-state index contributed by atoms with van der Waals surface area (Å²) < 4.78 is 0. The number of para-hydroxylation sites is 1. The number of nitrogens with one attached hydrogen (secondary N) is 1. The first-order chi connectivity index (χ1) is 11.9. The van der Waals surface area contributed by atoms with Crippen LogP contribution in [-0.4, -0.2) is 22.5 Å². The van der Waals surface area contributed by atoms with E-state index in [1.54, 1.807) is 11.1 Å². The van der Waals surface area contributed by atoms with Gasteiger partial charge in [0.2, 0.25) is 0 Å². The van der Waals surface area contributed by atoms with Crippen LogP contribution in [0.3, 0.4) is 0 Å². The molecule has 2 aliphatic heterocycles. The highest BCUT2D eigenvalue weighted by atomic mass is 15.2. The molecule has 3 aliphatic rings. The van der Waals surface area contributed by atoms with Gasteiger partial charge in [-0.3, -0.25) is 4.90 Å². The van der Waals surface area contributed by atoms with Crippen LogP contribution in [0.5, 0.6) is 0 Å². The number of nitrogens with zero attached hydrogens (tertiary/aromatic N) is 1. The van der Waals surface area contributed by atoms with E-state index in [0.29, 0.717) is 6.04 Å². The number of aromatic nitrogens is 1. The van der Waals surface area contributed by atoms with Crippen molar-refractivity contribution in [3.63, 3.8) is 0 Å². The Kier molecular flexibility index (Phi) is 3.45. The van der Waals surface area contributed by atoms with Gasteiger partial charge in [-0.2, -0.15) is 0 Å². The van der Waals surface area contributed by atoms with Gasteiger partial charge in [0, 0.05) is 30.8 Å². The second kappa shape index (κ2) is 5.78. The molecule has 0 unspecified atom stereocenters. The SMILES string of the molecule is c1ccc2c(c1)C[C@@H]1CC[C@H](C2)N(Cc2cccc3cc[nH]c23)C1. The van der Waals surface area contributed by atoms with Crippen molar-refractivity contribution in [2.24, 2.45) is 5.92 Å². The molecule has 6 rings (SSSR count). The molecule has 24 heavy (non-hydrogen) atoms. The molecule has 122 valence electrons. The van der Waals surface area contributed by atoms with Gasteiger partial charge in [0.15, 0.2) is 0 Å². The highest BCUT2D eigenvalue weighted by Gasteiger charge is 2.31. The van der Waals surface area contributed by atoms with E-state index in [0.717, 1.165) is 12.5 Å². The third kappa shape index (κ3) is 2.46. The van der Waals surface area contributed by atoms with Crippen LogP contribution < -0.4 is 0 Å². The van der Waals surface area contributed by atoms with Crippen molar-refractivity contribution in [1.29, 1.82) is 0 Å². The van der Waals surface area contributed by atoms with Gasteiger partial charge in [-0.1, -0.05) is 42.5 Å². The van der Waals surface area contributed by atoms with Crippen LogP contribution in [0.1, 0.15) is 29.5 Å². The fourth-order valence-electron chi connectivity index (χ4n) is 4.79. The largest absolute Gasteiger partial charge is 0.361 e. The Bertz CT molecular complexity index is 863. The zero-order valence-corrected chi connectivity index (χ0v) is 14.0. The molecule has 3 aromatic rings. The Morgan fingerprint density at radius 2 is 1.79 bits per heavy atom. The Hall–Kier alpha value is -2.06. The maximum Gasteiger partial charge on any atom is 0.0499 e. The van der Waals surface area contributed by atoms with E-state index in [4.69, 9.17) is 0 Å². The molecule has 2 nitrogen and oxygen atoms in total. The Morgan fingerprint density at radius 1 is 0.917 bits per heavy atom. The van der Waals surface area contributed by atoms with E-state index >= 15 is 0 Å². The van der Waals surface area contributed by atoms with Gasteiger partial charge >= 0.3 is 0 Å². The second-order valence-corrected chi connectivity index (χ2v) is 7.56. The number of aromatic amines is 1. The molecule has 2 heteroatoms. The lowest BCUT2D eigenvalue weighted by Crippen LogP contribution is -2.46. The number of H-pyrrole nitrogens is 1. The molecule has 1 aliphatic carbocycles. The monoisotopic (exact) mass is 316 g/mol. The van der Waals surface area contributed by atoms with Crippen molar-refractivity contribution < 1.29 is 0 Å². The summed E-state index contributed by atoms with van der Waals surface area (Å²) >= 11 is 0. The average molecular weight is 316 g/mol. The Labute approximate surface area is 143 Å². The fraction of sp³-hybridized carbons (Fsp3) is 0.364. The molecular weight excluding hydrogens is 292 g/mol. The summed E-state index contributed by atoms with van der Waals surface area (Å²) in [5.41, 5.74) is 5.93. The van der Waals surface area contributed by atoms with Gasteiger partial charge < -0.3 is 4.98 Å². The Balaban J connectivity index is 1.46. The van der Waals surface area contributed by atoms with Crippen LogP contribution in [-0.2, 0) is 19.4 Å². The minimum absolute atomic E-state index is 0.688. The summed E-state index contributed by atoms with van der Waals surface area (Å²) in [6, 6.07) is 18.7. The van der Waals surface area contributed by atoms with Crippen molar-refractivity contribution >= 4 is 10.9 Å². The zero-order valence-electron chi connectivity index (χ0n) is 14.0. The van der Waals surface area contributed by atoms with Gasteiger partial charge in [0.05, 0.1) is 0 Å². The van der Waals surface area contributed by atoms with E-state index in [1.165, 1.54) is 48.7 Å². The molecule has 0 saturated carbocycles. The number of piperidine rings is 1. The van der Waals surface area contributed by atoms with Crippen LogP contribution in [0, 0.1) is 5.92 Å². The van der Waals surface area contributed by atoms with Gasteiger partial charge in [-0.15, -0.1) is 0 Å². The summed E-state index contributed by atoms with van der Waals surface area (Å²) in [6.45, 7) is 2.32. The molecule has 2 bridgehead atoms. The maximum atomic E-state index is 3.44. The summed E-state index contributed by atoms with van der Waals surface area (Å²) in [5, 5.41) is 1.33. The van der Waals surface area contributed by atoms with Crippen LogP contribution in [0.2, 0.25) is 0 Å². The highest BCUT2D eigenvalue weighted by molar-refractivity contribution is 5.82. The molecule has 3 heterocycles. The predicted octanol–water partition coefficient (Wildman–Crippen LogP) is 4.55. The van der Waals surface area contributed by atoms with E-state index in [-0.39, 0.29) is 0 Å². The predicted molar refractivity (Wildman–Crippen MR) is 99.1 cm³/mol. The number of benzene rings is 2. The lowest BCUT2D eigenvalue weighted by Gasteiger charge is -2.42. The third-order valence-electron chi connectivity index (χ3n) is 6.05. The molecular formula is C22H24N2. The summed E-state index contributed by atoms with van der Waals surface area (Å²) in [4.78, 5) is 6.19. The first kappa shape index (κ1) is 14.3. The minimum atomic E-state index is 0.688. The van der Waals surface area contributed by atoms with E-state index in [1.807, 2.05) is 0 Å². The minimum Gasteiger partial charge on any atom is -0.361 e. The van der Waals surface area contributed by atoms with Gasteiger partial charge in [0.25, 0.3) is 0 Å². The third-order valence-corrected chi connectivity index (χ3v) is 6.05. The van der Waals surface area contributed by atoms with Crippen molar-refractivity contribution in [3.05, 3.63) is 71.4 Å². The fourth-order valence-corrected chi connectivity index (χ4v) is 4.79. The number of rotatable bonds is 2. The lowest BCUT2D eigenvalue weighted by atomic mass is 9.80. The first-order valence-electron chi connectivity index (χ1n) is 9.22. The molecule has 1 fully saturated rings. The standard InChI is InChI=1S/C22H24N2/c1-2-5-19-13-21-9-8-16(12-18(19)4-1)14-24(21)15-20-7-3-6-17-10-11-23-22(17)20/h1-7,10-11,16,21,23H,8-9,12-15H2/t16-,21+/m0/s1. The van der Waals surface area contributed by atoms with Crippen molar-refractivity contribution in [3.8, 4) is 0 Å². The molecule has 1 N–H and O–H groups in total. The molecule has 1 saturated heterocycles. The molecule has 1 aromatic heterocycles. The summed E-state index contributed by atoms with van der Waals surface area (Å²) in [6.07, 6.45) is 7.27. The van der Waals surface area contributed by atoms with Crippen LogP contribution in [0.15, 0.2) is 54.7 Å². The Morgan fingerprint density at radius 3 is 2.71 bits per heavy atom. The number of hydrogen-bond donors (Lipinski definition) is 1. The molecule has 0 radical (unpaired) electrons. The highest BCUT2D eigenvalue weighted by Crippen LogP contribution is 2.33. The summed E-state index contributed by atoms with van der Waals surface area (Å²) in [7, 11) is 0. The second-order valence-electron chi connectivity index (χ2n) is 7.56. The van der Waals surface area contributed by atoms with Crippen LogP contribution in [0.25, 0.3) is 10.9 Å². The first-order valence-corrected chi connectivity index (χ1v) is 9.22. The zero-order chi connectivity index (χ0) is 15.9.